The third-order valence-electron chi connectivity index (χ3n) is 2.12. The number of hydrogen-bond donors (Lipinski definition) is 1. The molecule has 0 aromatic heterocycles. The molecule has 0 aliphatic rings. The number of hydrogen-bond acceptors (Lipinski definition) is 3. The zero-order valence-corrected chi connectivity index (χ0v) is 10.5. The van der Waals surface area contributed by atoms with Crippen molar-refractivity contribution in [2.45, 2.75) is 6.92 Å². The first kappa shape index (κ1) is 12.8. The van der Waals surface area contributed by atoms with Crippen LogP contribution in [0.2, 0.25) is 0 Å². The van der Waals surface area contributed by atoms with Gasteiger partial charge in [-0.1, -0.05) is 30.3 Å². The number of nitrogens with one attached hydrogen (secondary N) is 1. The summed E-state index contributed by atoms with van der Waals surface area (Å²) in [4.78, 5) is 11.8. The minimum atomic E-state index is 0.0507. The van der Waals surface area contributed by atoms with Crippen molar-refractivity contribution in [3.63, 3.8) is 0 Å². The number of benzene rings is 1. The molecule has 16 heavy (non-hydrogen) atoms. The highest BCUT2D eigenvalue weighted by Crippen LogP contribution is 2.02. The molecule has 2 nitrogen and oxygen atoms in total. The van der Waals surface area contributed by atoms with E-state index in [-0.39, 0.29) is 5.78 Å². The van der Waals surface area contributed by atoms with Gasteiger partial charge in [0.05, 0.1) is 0 Å². The molecule has 0 spiro atoms. The third kappa shape index (κ3) is 4.53. The van der Waals surface area contributed by atoms with Crippen LogP contribution in [0.4, 0.5) is 0 Å². The standard InChI is InChI=1S/C13H17NOS/c1-11(14-8-9-16-2)10-13(15)12-6-4-3-5-7-12/h3-7,10,14H,8-9H2,1-2H3. The lowest BCUT2D eigenvalue weighted by molar-refractivity contribution is 0.104. The normalized spacial score (nSPS) is 11.2. The van der Waals surface area contributed by atoms with Gasteiger partial charge < -0.3 is 5.32 Å². The summed E-state index contributed by atoms with van der Waals surface area (Å²) in [7, 11) is 0. The van der Waals surface area contributed by atoms with Gasteiger partial charge >= 0.3 is 0 Å². The van der Waals surface area contributed by atoms with Crippen molar-refractivity contribution in [2.75, 3.05) is 18.6 Å². The summed E-state index contributed by atoms with van der Waals surface area (Å²) in [6.07, 6.45) is 3.71. The smallest absolute Gasteiger partial charge is 0.187 e. The summed E-state index contributed by atoms with van der Waals surface area (Å²) < 4.78 is 0. The fourth-order valence-corrected chi connectivity index (χ4v) is 1.59. The first-order valence-electron chi connectivity index (χ1n) is 5.24. The monoisotopic (exact) mass is 235 g/mol. The van der Waals surface area contributed by atoms with E-state index in [2.05, 4.69) is 11.6 Å². The minimum Gasteiger partial charge on any atom is -0.388 e. The van der Waals surface area contributed by atoms with E-state index in [1.165, 1.54) is 0 Å². The molecular weight excluding hydrogens is 218 g/mol. The van der Waals surface area contributed by atoms with Gasteiger partial charge in [-0.15, -0.1) is 0 Å². The zero-order chi connectivity index (χ0) is 11.8. The summed E-state index contributed by atoms with van der Waals surface area (Å²) in [6, 6.07) is 9.31. The molecule has 0 saturated heterocycles. The molecule has 0 radical (unpaired) electrons. The summed E-state index contributed by atoms with van der Waals surface area (Å²) in [5.74, 6) is 1.10. The van der Waals surface area contributed by atoms with Gasteiger partial charge in [-0.2, -0.15) is 11.8 Å². The lowest BCUT2D eigenvalue weighted by Crippen LogP contribution is -2.15. The predicted molar refractivity (Wildman–Crippen MR) is 70.9 cm³/mol. The van der Waals surface area contributed by atoms with E-state index >= 15 is 0 Å². The van der Waals surface area contributed by atoms with Crippen LogP contribution in [0.1, 0.15) is 17.3 Å². The second-order valence-electron chi connectivity index (χ2n) is 3.48. The molecule has 0 saturated carbocycles. The summed E-state index contributed by atoms with van der Waals surface area (Å²) in [5.41, 5.74) is 1.65. The maximum atomic E-state index is 11.8. The van der Waals surface area contributed by atoms with Gasteiger partial charge in [0.1, 0.15) is 0 Å². The van der Waals surface area contributed by atoms with Crippen LogP contribution in [-0.2, 0) is 0 Å². The van der Waals surface area contributed by atoms with Gasteiger partial charge in [0.25, 0.3) is 0 Å². The Morgan fingerprint density at radius 1 is 1.38 bits per heavy atom. The van der Waals surface area contributed by atoms with Crippen LogP contribution in [0.15, 0.2) is 42.1 Å². The molecule has 1 aromatic carbocycles. The lowest BCUT2D eigenvalue weighted by atomic mass is 10.1. The number of rotatable bonds is 6. The third-order valence-corrected chi connectivity index (χ3v) is 2.73. The van der Waals surface area contributed by atoms with Crippen molar-refractivity contribution in [1.29, 1.82) is 0 Å². The van der Waals surface area contributed by atoms with Crippen molar-refractivity contribution in [3.05, 3.63) is 47.7 Å². The summed E-state index contributed by atoms with van der Waals surface area (Å²) in [5, 5.41) is 3.20. The Bertz CT molecular complexity index is 359. The second-order valence-corrected chi connectivity index (χ2v) is 4.46. The number of carbonyl (C=O) groups excluding carboxylic acids is 1. The van der Waals surface area contributed by atoms with Crippen molar-refractivity contribution in [2.24, 2.45) is 0 Å². The molecule has 3 heteroatoms. The average Bonchev–Trinajstić information content (AvgIpc) is 2.30. The van der Waals surface area contributed by atoms with Crippen LogP contribution >= 0.6 is 11.8 Å². The number of ketones is 1. The Hall–Kier alpha value is -1.22. The van der Waals surface area contributed by atoms with Crippen molar-refractivity contribution in [1.82, 2.24) is 5.32 Å². The number of thioether (sulfide) groups is 1. The van der Waals surface area contributed by atoms with E-state index in [1.807, 2.05) is 37.3 Å². The van der Waals surface area contributed by atoms with E-state index in [0.29, 0.717) is 0 Å². The molecule has 0 atom stereocenters. The molecule has 1 N–H and O–H groups in total. The minimum absolute atomic E-state index is 0.0507. The fraction of sp³-hybridized carbons (Fsp3) is 0.308. The molecule has 1 aromatic rings. The first-order valence-corrected chi connectivity index (χ1v) is 6.64. The van der Waals surface area contributed by atoms with Gasteiger partial charge in [-0.3, -0.25) is 4.79 Å². The second kappa shape index (κ2) is 7.12. The van der Waals surface area contributed by atoms with Gasteiger partial charge in [0.2, 0.25) is 0 Å². The SMILES string of the molecule is CSCCNC(C)=CC(=O)c1ccccc1. The van der Waals surface area contributed by atoms with Crippen LogP contribution in [0, 0.1) is 0 Å². The largest absolute Gasteiger partial charge is 0.388 e. The molecule has 0 fully saturated rings. The number of carbonyl (C=O) groups is 1. The van der Waals surface area contributed by atoms with E-state index in [0.717, 1.165) is 23.6 Å². The van der Waals surface area contributed by atoms with Crippen LogP contribution in [0.5, 0.6) is 0 Å². The van der Waals surface area contributed by atoms with Gasteiger partial charge in [0, 0.05) is 29.6 Å². The molecule has 0 unspecified atom stereocenters. The van der Waals surface area contributed by atoms with Gasteiger partial charge in [-0.25, -0.2) is 0 Å². The first-order chi connectivity index (χ1) is 7.74. The lowest BCUT2D eigenvalue weighted by Gasteiger charge is -2.04. The topological polar surface area (TPSA) is 29.1 Å². The molecule has 0 aliphatic carbocycles. The summed E-state index contributed by atoms with van der Waals surface area (Å²) >= 11 is 1.78. The molecular formula is C13H17NOS. The quantitative estimate of drug-likeness (QED) is 0.467. The Morgan fingerprint density at radius 2 is 2.06 bits per heavy atom. The molecule has 1 rings (SSSR count). The molecule has 86 valence electrons. The molecule has 0 bridgehead atoms. The van der Waals surface area contributed by atoms with E-state index in [1.54, 1.807) is 17.8 Å². The van der Waals surface area contributed by atoms with E-state index in [9.17, 15) is 4.79 Å². The van der Waals surface area contributed by atoms with Crippen LogP contribution in [0.25, 0.3) is 0 Å². The van der Waals surface area contributed by atoms with Crippen LogP contribution < -0.4 is 5.32 Å². The molecule has 0 heterocycles. The van der Waals surface area contributed by atoms with Crippen LogP contribution in [-0.4, -0.2) is 24.3 Å². The maximum absolute atomic E-state index is 11.8. The van der Waals surface area contributed by atoms with Crippen molar-refractivity contribution >= 4 is 17.5 Å². The Morgan fingerprint density at radius 3 is 2.69 bits per heavy atom. The van der Waals surface area contributed by atoms with E-state index < -0.39 is 0 Å². The Kier molecular flexibility index (Phi) is 5.72. The highest BCUT2D eigenvalue weighted by Gasteiger charge is 2.01. The van der Waals surface area contributed by atoms with Crippen molar-refractivity contribution < 1.29 is 4.79 Å². The summed E-state index contributed by atoms with van der Waals surface area (Å²) in [6.45, 7) is 2.81. The average molecular weight is 235 g/mol. The van der Waals surface area contributed by atoms with Crippen molar-refractivity contribution in [3.8, 4) is 0 Å². The predicted octanol–water partition coefficient (Wildman–Crippen LogP) is 2.73. The highest BCUT2D eigenvalue weighted by molar-refractivity contribution is 7.98. The van der Waals surface area contributed by atoms with Crippen LogP contribution in [0.3, 0.4) is 0 Å². The fourth-order valence-electron chi connectivity index (χ4n) is 1.28. The zero-order valence-electron chi connectivity index (χ0n) is 9.69. The molecule has 0 aliphatic heterocycles. The molecule has 0 amide bonds. The van der Waals surface area contributed by atoms with Gasteiger partial charge in [0.15, 0.2) is 5.78 Å². The maximum Gasteiger partial charge on any atom is 0.187 e. The Labute approximate surface area is 101 Å². The Balaban J connectivity index is 2.52. The van der Waals surface area contributed by atoms with Gasteiger partial charge in [-0.05, 0) is 13.2 Å². The van der Waals surface area contributed by atoms with E-state index in [4.69, 9.17) is 0 Å². The number of allylic oxidation sites excluding steroid dienone is 2. The highest BCUT2D eigenvalue weighted by atomic mass is 32.2.